The first kappa shape index (κ1) is 11.2. The molecule has 0 saturated heterocycles. The second-order valence-corrected chi connectivity index (χ2v) is 4.00. The lowest BCUT2D eigenvalue weighted by Gasteiger charge is -2.19. The number of hydrogen-bond acceptors (Lipinski definition) is 2. The number of hydrogen-bond donors (Lipinski definition) is 1. The number of aryl methyl sites for hydroxylation is 1. The zero-order chi connectivity index (χ0) is 10.6. The van der Waals surface area contributed by atoms with Gasteiger partial charge in [0.15, 0.2) is 0 Å². The van der Waals surface area contributed by atoms with Crippen molar-refractivity contribution in [1.29, 1.82) is 0 Å². The third-order valence-electron chi connectivity index (χ3n) is 3.03. The van der Waals surface area contributed by atoms with Crippen molar-refractivity contribution in [1.82, 2.24) is 15.1 Å². The van der Waals surface area contributed by atoms with Gasteiger partial charge in [0, 0.05) is 25.8 Å². The van der Waals surface area contributed by atoms with E-state index in [4.69, 9.17) is 0 Å². The van der Waals surface area contributed by atoms with E-state index in [0.29, 0.717) is 6.04 Å². The monoisotopic (exact) mass is 195 g/mol. The summed E-state index contributed by atoms with van der Waals surface area (Å²) in [6, 6.07) is 2.62. The van der Waals surface area contributed by atoms with Gasteiger partial charge in [-0.2, -0.15) is 5.10 Å². The van der Waals surface area contributed by atoms with Gasteiger partial charge in [0.1, 0.15) is 0 Å². The third kappa shape index (κ3) is 2.84. The van der Waals surface area contributed by atoms with E-state index in [0.717, 1.165) is 12.5 Å². The molecule has 1 rings (SSSR count). The Bertz CT molecular complexity index is 267. The number of nitrogens with one attached hydrogen (secondary N) is 1. The smallest absolute Gasteiger partial charge is 0.0518 e. The fourth-order valence-electron chi connectivity index (χ4n) is 1.40. The Morgan fingerprint density at radius 2 is 2.21 bits per heavy atom. The van der Waals surface area contributed by atoms with Crippen molar-refractivity contribution >= 4 is 0 Å². The van der Waals surface area contributed by atoms with Gasteiger partial charge in [-0.1, -0.05) is 20.3 Å². The average Bonchev–Trinajstić information content (AvgIpc) is 2.59. The second kappa shape index (κ2) is 5.15. The summed E-state index contributed by atoms with van der Waals surface area (Å²) >= 11 is 0. The summed E-state index contributed by atoms with van der Waals surface area (Å²) in [7, 11) is 1.98. The zero-order valence-corrected chi connectivity index (χ0v) is 9.62. The van der Waals surface area contributed by atoms with Gasteiger partial charge >= 0.3 is 0 Å². The summed E-state index contributed by atoms with van der Waals surface area (Å²) in [5.41, 5.74) is 1.24. The minimum absolute atomic E-state index is 0.565. The predicted octanol–water partition coefficient (Wildman–Crippen LogP) is 1.94. The maximum absolute atomic E-state index is 4.14. The summed E-state index contributed by atoms with van der Waals surface area (Å²) in [6.45, 7) is 7.65. The summed E-state index contributed by atoms with van der Waals surface area (Å²) in [4.78, 5) is 0. The Kier molecular flexibility index (Phi) is 4.14. The highest BCUT2D eigenvalue weighted by atomic mass is 15.3. The number of rotatable bonds is 5. The predicted molar refractivity (Wildman–Crippen MR) is 59.0 cm³/mol. The Balaban J connectivity index is 2.37. The summed E-state index contributed by atoms with van der Waals surface area (Å²) in [6.07, 6.45) is 3.06. The zero-order valence-electron chi connectivity index (χ0n) is 9.62. The van der Waals surface area contributed by atoms with Crippen LogP contribution in [0.1, 0.15) is 32.9 Å². The SMILES string of the molecule is CCC(C)C(C)NCc1ccnn1C. The second-order valence-electron chi connectivity index (χ2n) is 4.00. The summed E-state index contributed by atoms with van der Waals surface area (Å²) in [5, 5.41) is 7.65. The van der Waals surface area contributed by atoms with E-state index >= 15 is 0 Å². The van der Waals surface area contributed by atoms with E-state index in [2.05, 4.69) is 37.3 Å². The highest BCUT2D eigenvalue weighted by Crippen LogP contribution is 2.07. The molecule has 1 aromatic rings. The van der Waals surface area contributed by atoms with Crippen LogP contribution >= 0.6 is 0 Å². The quantitative estimate of drug-likeness (QED) is 0.778. The fourth-order valence-corrected chi connectivity index (χ4v) is 1.40. The molecule has 2 atom stereocenters. The minimum atomic E-state index is 0.565. The van der Waals surface area contributed by atoms with Crippen LogP contribution in [0.2, 0.25) is 0 Å². The van der Waals surface area contributed by atoms with E-state index in [1.807, 2.05) is 17.9 Å². The molecule has 0 aliphatic heterocycles. The molecule has 1 heterocycles. The first-order valence-corrected chi connectivity index (χ1v) is 5.35. The van der Waals surface area contributed by atoms with Crippen molar-refractivity contribution in [3.05, 3.63) is 18.0 Å². The highest BCUT2D eigenvalue weighted by molar-refractivity contribution is 4.99. The summed E-state index contributed by atoms with van der Waals surface area (Å²) in [5.74, 6) is 0.725. The van der Waals surface area contributed by atoms with Crippen molar-refractivity contribution in [2.75, 3.05) is 0 Å². The van der Waals surface area contributed by atoms with Gasteiger partial charge in [-0.05, 0) is 18.9 Å². The van der Waals surface area contributed by atoms with Crippen LogP contribution in [0.4, 0.5) is 0 Å². The lowest BCUT2D eigenvalue weighted by Crippen LogP contribution is -2.31. The number of nitrogens with zero attached hydrogens (tertiary/aromatic N) is 2. The van der Waals surface area contributed by atoms with Gasteiger partial charge in [-0.3, -0.25) is 4.68 Å². The molecule has 0 amide bonds. The van der Waals surface area contributed by atoms with Gasteiger partial charge in [0.05, 0.1) is 5.69 Å². The van der Waals surface area contributed by atoms with Crippen molar-refractivity contribution in [2.45, 2.75) is 39.8 Å². The Hall–Kier alpha value is -0.830. The summed E-state index contributed by atoms with van der Waals surface area (Å²) < 4.78 is 1.91. The third-order valence-corrected chi connectivity index (χ3v) is 3.03. The van der Waals surface area contributed by atoms with Crippen LogP contribution in [0.3, 0.4) is 0 Å². The molecule has 3 nitrogen and oxygen atoms in total. The van der Waals surface area contributed by atoms with Gasteiger partial charge in [-0.15, -0.1) is 0 Å². The van der Waals surface area contributed by atoms with Gasteiger partial charge in [0.2, 0.25) is 0 Å². The van der Waals surface area contributed by atoms with Crippen molar-refractivity contribution in [3.63, 3.8) is 0 Å². The van der Waals surface area contributed by atoms with Crippen LogP contribution in [0, 0.1) is 5.92 Å². The standard InChI is InChI=1S/C11H21N3/c1-5-9(2)10(3)12-8-11-6-7-13-14(11)4/h6-7,9-10,12H,5,8H2,1-4H3. The molecule has 0 radical (unpaired) electrons. The molecule has 0 aromatic carbocycles. The molecule has 0 spiro atoms. The molecule has 1 aromatic heterocycles. The highest BCUT2D eigenvalue weighted by Gasteiger charge is 2.09. The molecule has 80 valence electrons. The number of aromatic nitrogens is 2. The largest absolute Gasteiger partial charge is 0.308 e. The molecule has 0 aliphatic carbocycles. The van der Waals surface area contributed by atoms with E-state index in [-0.39, 0.29) is 0 Å². The normalized spacial score (nSPS) is 15.4. The first-order chi connectivity index (χ1) is 6.65. The van der Waals surface area contributed by atoms with Crippen LogP contribution in [0.25, 0.3) is 0 Å². The Labute approximate surface area is 86.5 Å². The van der Waals surface area contributed by atoms with Crippen LogP contribution in [0.5, 0.6) is 0 Å². The van der Waals surface area contributed by atoms with Gasteiger partial charge in [-0.25, -0.2) is 0 Å². The Morgan fingerprint density at radius 3 is 2.71 bits per heavy atom. The lowest BCUT2D eigenvalue weighted by atomic mass is 10.0. The van der Waals surface area contributed by atoms with Crippen molar-refractivity contribution < 1.29 is 0 Å². The average molecular weight is 195 g/mol. The molecule has 3 heteroatoms. The molecule has 0 saturated carbocycles. The molecule has 2 unspecified atom stereocenters. The van der Waals surface area contributed by atoms with E-state index < -0.39 is 0 Å². The van der Waals surface area contributed by atoms with Crippen LogP contribution in [-0.2, 0) is 13.6 Å². The molecule has 0 fully saturated rings. The van der Waals surface area contributed by atoms with Crippen LogP contribution in [0.15, 0.2) is 12.3 Å². The van der Waals surface area contributed by atoms with Crippen molar-refractivity contribution in [3.8, 4) is 0 Å². The molecule has 1 N–H and O–H groups in total. The van der Waals surface area contributed by atoms with Crippen molar-refractivity contribution in [2.24, 2.45) is 13.0 Å². The van der Waals surface area contributed by atoms with Crippen LogP contribution < -0.4 is 5.32 Å². The van der Waals surface area contributed by atoms with Gasteiger partial charge < -0.3 is 5.32 Å². The van der Waals surface area contributed by atoms with Crippen LogP contribution in [-0.4, -0.2) is 15.8 Å². The molecular formula is C11H21N3. The molecule has 14 heavy (non-hydrogen) atoms. The minimum Gasteiger partial charge on any atom is -0.308 e. The maximum Gasteiger partial charge on any atom is 0.0518 e. The maximum atomic E-state index is 4.14. The fraction of sp³-hybridized carbons (Fsp3) is 0.727. The Morgan fingerprint density at radius 1 is 1.50 bits per heavy atom. The first-order valence-electron chi connectivity index (χ1n) is 5.35. The molecule has 0 aliphatic rings. The lowest BCUT2D eigenvalue weighted by molar-refractivity contribution is 0.385. The van der Waals surface area contributed by atoms with E-state index in [9.17, 15) is 0 Å². The molecular weight excluding hydrogens is 174 g/mol. The van der Waals surface area contributed by atoms with E-state index in [1.54, 1.807) is 0 Å². The molecule has 0 bridgehead atoms. The van der Waals surface area contributed by atoms with E-state index in [1.165, 1.54) is 12.1 Å². The van der Waals surface area contributed by atoms with Gasteiger partial charge in [0.25, 0.3) is 0 Å². The topological polar surface area (TPSA) is 29.9 Å².